The van der Waals surface area contributed by atoms with Crippen molar-refractivity contribution in [2.45, 2.75) is 12.3 Å². The Hall–Kier alpha value is -1.61. The van der Waals surface area contributed by atoms with E-state index in [1.165, 1.54) is 25.3 Å². The minimum atomic E-state index is -3.99. The predicted octanol–water partition coefficient (Wildman–Crippen LogP) is 1.87. The Morgan fingerprint density at radius 3 is 2.43 bits per heavy atom. The lowest BCUT2D eigenvalue weighted by molar-refractivity contribution is 0.403. The van der Waals surface area contributed by atoms with E-state index in [1.54, 1.807) is 6.07 Å². The molecule has 0 saturated heterocycles. The van der Waals surface area contributed by atoms with Crippen LogP contribution >= 0.6 is 0 Å². The summed E-state index contributed by atoms with van der Waals surface area (Å²) in [4.78, 5) is -0.153. The van der Waals surface area contributed by atoms with Crippen LogP contribution in [0.1, 0.15) is 7.43 Å². The molecule has 0 aliphatic heterocycles. The van der Waals surface area contributed by atoms with Gasteiger partial charge in [-0.25, -0.2) is 0 Å². The zero-order valence-corrected chi connectivity index (χ0v) is 7.65. The van der Waals surface area contributed by atoms with E-state index in [4.69, 9.17) is 10.1 Å². The molecule has 76 valence electrons. The van der Waals surface area contributed by atoms with E-state index < -0.39 is 10.0 Å². The summed E-state index contributed by atoms with van der Waals surface area (Å²) in [6.07, 6.45) is 0. The van der Waals surface area contributed by atoms with Crippen molar-refractivity contribution < 1.29 is 13.2 Å². The molecule has 0 amide bonds. The third kappa shape index (κ3) is 2.20. The third-order valence-corrected chi connectivity index (χ3v) is 2.56. The fourth-order valence-electron chi connectivity index (χ4n) is 0.876. The smallest absolute Gasteiger partial charge is 0.495 e. The van der Waals surface area contributed by atoms with Crippen molar-refractivity contribution >= 4 is 10.0 Å². The molecule has 1 aromatic carbocycles. The fourth-order valence-corrected chi connectivity index (χ4v) is 1.62. The minimum Gasteiger partial charge on any atom is -0.495 e. The first-order chi connectivity index (χ1) is 6.11. The zero-order valence-electron chi connectivity index (χ0n) is 6.84. The lowest BCUT2D eigenvalue weighted by Crippen LogP contribution is -1.97. The molecule has 0 heterocycles. The Kier molecular flexibility index (Phi) is 4.05. The summed E-state index contributed by atoms with van der Waals surface area (Å²) in [5.74, 6) is 0.153. The molecule has 5 nitrogen and oxygen atoms in total. The SMILES string of the molecule is C.COc1ccccc1S(=O)(=O)[N+]#N. The average Bonchev–Trinajstić information content (AvgIpc) is 2.18. The summed E-state index contributed by atoms with van der Waals surface area (Å²) in [7, 11) is -2.65. The van der Waals surface area contributed by atoms with Crippen LogP contribution in [0.25, 0.3) is 4.38 Å². The molecule has 6 heteroatoms. The van der Waals surface area contributed by atoms with E-state index in [1.807, 2.05) is 0 Å². The summed E-state index contributed by atoms with van der Waals surface area (Å²) >= 11 is 0. The van der Waals surface area contributed by atoms with Crippen molar-refractivity contribution in [1.29, 1.82) is 5.39 Å². The van der Waals surface area contributed by atoms with Crippen LogP contribution in [0.3, 0.4) is 0 Å². The highest BCUT2D eigenvalue weighted by Gasteiger charge is 2.30. The van der Waals surface area contributed by atoms with Crippen molar-refractivity contribution in [2.24, 2.45) is 0 Å². The summed E-state index contributed by atoms with van der Waals surface area (Å²) in [6, 6.07) is 5.90. The molecule has 0 saturated carbocycles. The second-order valence-corrected chi connectivity index (χ2v) is 3.76. The van der Waals surface area contributed by atoms with Gasteiger partial charge < -0.3 is 4.74 Å². The molecule has 14 heavy (non-hydrogen) atoms. The molecule has 0 radical (unpaired) electrons. The molecule has 0 aromatic heterocycles. The number of benzene rings is 1. The molecule has 0 atom stereocenters. The minimum absolute atomic E-state index is 0. The van der Waals surface area contributed by atoms with Gasteiger partial charge >= 0.3 is 10.0 Å². The Morgan fingerprint density at radius 2 is 1.93 bits per heavy atom. The second-order valence-electron chi connectivity index (χ2n) is 2.21. The maximum Gasteiger partial charge on any atom is 0.556 e. The molecular formula is C8H11N2O3S+. The molecule has 1 aromatic rings. The quantitative estimate of drug-likeness (QED) is 0.706. The van der Waals surface area contributed by atoms with Crippen LogP contribution in [0.2, 0.25) is 0 Å². The van der Waals surface area contributed by atoms with Crippen LogP contribution in [0, 0.1) is 5.39 Å². The van der Waals surface area contributed by atoms with Crippen LogP contribution in [-0.4, -0.2) is 15.5 Å². The van der Waals surface area contributed by atoms with E-state index in [9.17, 15) is 8.42 Å². The monoisotopic (exact) mass is 215 g/mol. The van der Waals surface area contributed by atoms with Gasteiger partial charge in [0.1, 0.15) is 5.75 Å². The lowest BCUT2D eigenvalue weighted by atomic mass is 10.3. The van der Waals surface area contributed by atoms with Gasteiger partial charge in [-0.15, -0.1) is 8.42 Å². The number of ether oxygens (including phenoxy) is 1. The summed E-state index contributed by atoms with van der Waals surface area (Å²) in [5, 5.41) is 8.25. The van der Waals surface area contributed by atoms with E-state index in [0.29, 0.717) is 0 Å². The number of para-hydroxylation sites is 1. The Bertz CT molecular complexity index is 448. The maximum absolute atomic E-state index is 11.1. The standard InChI is InChI=1S/C7H7N2O3S.CH4/c1-12-6-4-2-3-5-7(6)13(10,11)9-8;/h2-5H,1H3;1H4/q+1;. The van der Waals surface area contributed by atoms with E-state index in [2.05, 4.69) is 4.38 Å². The molecule has 0 N–H and O–H groups in total. The molecule has 0 spiro atoms. The first kappa shape index (κ1) is 12.4. The zero-order chi connectivity index (χ0) is 9.90. The Balaban J connectivity index is 0.00000169. The summed E-state index contributed by atoms with van der Waals surface area (Å²) in [5.41, 5.74) is 0. The normalized spacial score (nSPS) is 9.71. The second kappa shape index (κ2) is 4.58. The molecule has 0 unspecified atom stereocenters. The van der Waals surface area contributed by atoms with Crippen molar-refractivity contribution in [3.05, 3.63) is 28.6 Å². The molecule has 0 aliphatic carbocycles. The van der Waals surface area contributed by atoms with Crippen LogP contribution in [0.15, 0.2) is 29.2 Å². The molecule has 0 bridgehead atoms. The molecule has 0 fully saturated rings. The lowest BCUT2D eigenvalue weighted by Gasteiger charge is -1.98. The van der Waals surface area contributed by atoms with Crippen LogP contribution in [0.5, 0.6) is 5.75 Å². The summed E-state index contributed by atoms with van der Waals surface area (Å²) in [6.45, 7) is 0. The molecule has 1 rings (SSSR count). The van der Waals surface area contributed by atoms with Crippen LogP contribution in [0.4, 0.5) is 0 Å². The van der Waals surface area contributed by atoms with Crippen LogP contribution in [-0.2, 0) is 10.0 Å². The Labute approximate surface area is 83.0 Å². The number of sulfonamides is 1. The first-order valence-electron chi connectivity index (χ1n) is 3.36. The average molecular weight is 215 g/mol. The van der Waals surface area contributed by atoms with Gasteiger partial charge in [0, 0.05) is 0 Å². The van der Waals surface area contributed by atoms with Crippen molar-refractivity contribution in [2.75, 3.05) is 7.11 Å². The number of hydrogen-bond donors (Lipinski definition) is 0. The number of diazo groups is 1. The fraction of sp³-hybridized carbons (Fsp3) is 0.250. The van der Waals surface area contributed by atoms with Gasteiger partial charge in [0.2, 0.25) is 5.39 Å². The topological polar surface area (TPSA) is 71.5 Å². The highest BCUT2D eigenvalue weighted by atomic mass is 32.2. The maximum atomic E-state index is 11.1. The van der Waals surface area contributed by atoms with Gasteiger partial charge in [-0.1, -0.05) is 19.6 Å². The van der Waals surface area contributed by atoms with Gasteiger partial charge in [-0.05, 0) is 12.1 Å². The highest BCUT2D eigenvalue weighted by molar-refractivity contribution is 7.93. The van der Waals surface area contributed by atoms with Gasteiger partial charge in [0.15, 0.2) is 4.90 Å². The van der Waals surface area contributed by atoms with Gasteiger partial charge in [0.25, 0.3) is 4.38 Å². The summed E-state index contributed by atoms with van der Waals surface area (Å²) < 4.78 is 29.2. The van der Waals surface area contributed by atoms with E-state index in [-0.39, 0.29) is 18.1 Å². The molecule has 0 aliphatic rings. The highest BCUT2D eigenvalue weighted by Crippen LogP contribution is 2.24. The number of nitrogens with zero attached hydrogens (tertiary/aromatic N) is 2. The number of rotatable bonds is 2. The largest absolute Gasteiger partial charge is 0.556 e. The van der Waals surface area contributed by atoms with Crippen molar-refractivity contribution in [1.82, 2.24) is 0 Å². The van der Waals surface area contributed by atoms with E-state index >= 15 is 0 Å². The first-order valence-corrected chi connectivity index (χ1v) is 4.80. The van der Waals surface area contributed by atoms with Gasteiger partial charge in [-0.2, -0.15) is 0 Å². The predicted molar refractivity (Wildman–Crippen MR) is 52.0 cm³/mol. The van der Waals surface area contributed by atoms with Gasteiger partial charge in [0.05, 0.1) is 7.11 Å². The van der Waals surface area contributed by atoms with Crippen molar-refractivity contribution in [3.8, 4) is 5.75 Å². The Morgan fingerprint density at radius 1 is 1.36 bits per heavy atom. The number of methoxy groups -OCH3 is 1. The van der Waals surface area contributed by atoms with Crippen LogP contribution < -0.4 is 4.74 Å². The number of hydrogen-bond acceptors (Lipinski definition) is 4. The van der Waals surface area contributed by atoms with Gasteiger partial charge in [-0.3, -0.25) is 0 Å². The van der Waals surface area contributed by atoms with Crippen molar-refractivity contribution in [3.63, 3.8) is 0 Å². The van der Waals surface area contributed by atoms with E-state index in [0.717, 1.165) is 0 Å². The third-order valence-electron chi connectivity index (χ3n) is 1.45. The molecular weight excluding hydrogens is 204 g/mol.